The molecule has 0 unspecified atom stereocenters. The molecule has 0 atom stereocenters. The molecule has 2 aromatic rings. The van der Waals surface area contributed by atoms with Crippen LogP contribution in [0.4, 0.5) is 5.69 Å². The Kier molecular flexibility index (Phi) is 5.47. The maximum Gasteiger partial charge on any atom is 0.266 e. The van der Waals surface area contributed by atoms with Crippen LogP contribution >= 0.6 is 11.3 Å². The monoisotopic (exact) mass is 328 g/mol. The summed E-state index contributed by atoms with van der Waals surface area (Å²) in [7, 11) is 0. The van der Waals surface area contributed by atoms with Gasteiger partial charge in [0, 0.05) is 12.2 Å². The molecule has 1 fully saturated rings. The minimum Gasteiger partial charge on any atom is -0.321 e. The highest BCUT2D eigenvalue weighted by Gasteiger charge is 2.13. The average molecular weight is 328 g/mol. The maximum absolute atomic E-state index is 12.4. The molecule has 2 heterocycles. The van der Waals surface area contributed by atoms with Gasteiger partial charge in [0.2, 0.25) is 0 Å². The van der Waals surface area contributed by atoms with E-state index < -0.39 is 0 Å². The molecule has 0 saturated carbocycles. The van der Waals surface area contributed by atoms with Crippen LogP contribution in [0.1, 0.15) is 47.0 Å². The van der Waals surface area contributed by atoms with Gasteiger partial charge >= 0.3 is 0 Å². The van der Waals surface area contributed by atoms with Gasteiger partial charge in [-0.25, -0.2) is 0 Å². The Morgan fingerprint density at radius 1 is 1.22 bits per heavy atom. The highest BCUT2D eigenvalue weighted by atomic mass is 32.1. The van der Waals surface area contributed by atoms with Gasteiger partial charge in [0.25, 0.3) is 5.91 Å². The lowest BCUT2D eigenvalue weighted by Crippen LogP contribution is -2.29. The molecule has 1 amide bonds. The molecule has 1 aliphatic rings. The van der Waals surface area contributed by atoms with Gasteiger partial charge in [-0.3, -0.25) is 9.69 Å². The molecule has 4 heteroatoms. The molecular formula is C19H24N2OS. The van der Waals surface area contributed by atoms with E-state index in [2.05, 4.69) is 29.3 Å². The maximum atomic E-state index is 12.4. The predicted molar refractivity (Wildman–Crippen MR) is 97.2 cm³/mol. The van der Waals surface area contributed by atoms with E-state index in [0.717, 1.165) is 29.1 Å². The van der Waals surface area contributed by atoms with Crippen LogP contribution in [-0.4, -0.2) is 23.9 Å². The SMILES string of the molecule is CCc1ccsc1C(=O)Nc1cccc(CN2CCCCC2)c1. The molecule has 0 aliphatic carbocycles. The van der Waals surface area contributed by atoms with Gasteiger partial charge in [-0.1, -0.05) is 25.5 Å². The number of rotatable bonds is 5. The second-order valence-corrected chi connectivity index (χ2v) is 7.04. The Hall–Kier alpha value is -1.65. The van der Waals surface area contributed by atoms with Crippen molar-refractivity contribution in [2.75, 3.05) is 18.4 Å². The van der Waals surface area contributed by atoms with Gasteiger partial charge in [0.15, 0.2) is 0 Å². The van der Waals surface area contributed by atoms with Crippen LogP contribution in [0, 0.1) is 0 Å². The second-order valence-electron chi connectivity index (χ2n) is 6.12. The lowest BCUT2D eigenvalue weighted by atomic mass is 10.1. The molecule has 3 rings (SSSR count). The molecule has 1 aromatic heterocycles. The first-order valence-corrected chi connectivity index (χ1v) is 9.33. The van der Waals surface area contributed by atoms with Crippen molar-refractivity contribution in [2.24, 2.45) is 0 Å². The largest absolute Gasteiger partial charge is 0.321 e. The third-order valence-corrected chi connectivity index (χ3v) is 5.33. The number of benzene rings is 1. The van der Waals surface area contributed by atoms with E-state index in [1.165, 1.54) is 49.3 Å². The van der Waals surface area contributed by atoms with E-state index in [1.807, 2.05) is 23.6 Å². The van der Waals surface area contributed by atoms with Gasteiger partial charge in [0.05, 0.1) is 4.88 Å². The van der Waals surface area contributed by atoms with Crippen molar-refractivity contribution in [2.45, 2.75) is 39.2 Å². The molecule has 122 valence electrons. The molecule has 1 saturated heterocycles. The third-order valence-electron chi connectivity index (χ3n) is 4.37. The fraction of sp³-hybridized carbons (Fsp3) is 0.421. The third kappa shape index (κ3) is 4.21. The number of hydrogen-bond donors (Lipinski definition) is 1. The van der Waals surface area contributed by atoms with E-state index >= 15 is 0 Å². The lowest BCUT2D eigenvalue weighted by molar-refractivity contribution is 0.103. The van der Waals surface area contributed by atoms with Gasteiger partial charge in [-0.2, -0.15) is 0 Å². The van der Waals surface area contributed by atoms with Crippen molar-refractivity contribution in [1.29, 1.82) is 0 Å². The smallest absolute Gasteiger partial charge is 0.266 e. The predicted octanol–water partition coefficient (Wildman–Crippen LogP) is 4.55. The number of anilines is 1. The minimum absolute atomic E-state index is 0.00646. The average Bonchev–Trinajstić information content (AvgIpc) is 3.05. The highest BCUT2D eigenvalue weighted by Crippen LogP contribution is 2.21. The van der Waals surface area contributed by atoms with Crippen molar-refractivity contribution in [3.8, 4) is 0 Å². The van der Waals surface area contributed by atoms with Crippen LogP contribution in [0.5, 0.6) is 0 Å². The summed E-state index contributed by atoms with van der Waals surface area (Å²) >= 11 is 1.51. The lowest BCUT2D eigenvalue weighted by Gasteiger charge is -2.26. The normalized spacial score (nSPS) is 15.5. The number of nitrogens with one attached hydrogen (secondary N) is 1. The topological polar surface area (TPSA) is 32.3 Å². The number of likely N-dealkylation sites (tertiary alicyclic amines) is 1. The molecular weight excluding hydrogens is 304 g/mol. The molecule has 1 N–H and O–H groups in total. The Morgan fingerprint density at radius 3 is 2.83 bits per heavy atom. The Morgan fingerprint density at radius 2 is 2.04 bits per heavy atom. The first-order chi connectivity index (χ1) is 11.3. The molecule has 0 radical (unpaired) electrons. The molecule has 3 nitrogen and oxygen atoms in total. The minimum atomic E-state index is 0.00646. The second kappa shape index (κ2) is 7.75. The summed E-state index contributed by atoms with van der Waals surface area (Å²) in [6.45, 7) is 5.43. The van der Waals surface area contributed by atoms with Crippen LogP contribution in [0.15, 0.2) is 35.7 Å². The molecule has 1 aromatic carbocycles. The summed E-state index contributed by atoms with van der Waals surface area (Å²) in [5.41, 5.74) is 3.28. The molecule has 23 heavy (non-hydrogen) atoms. The van der Waals surface area contributed by atoms with Crippen LogP contribution in [0.25, 0.3) is 0 Å². The van der Waals surface area contributed by atoms with Gasteiger partial charge in [-0.15, -0.1) is 11.3 Å². The van der Waals surface area contributed by atoms with Crippen molar-refractivity contribution in [3.05, 3.63) is 51.7 Å². The number of carbonyl (C=O) groups excluding carboxylic acids is 1. The number of hydrogen-bond acceptors (Lipinski definition) is 3. The molecule has 0 spiro atoms. The van der Waals surface area contributed by atoms with Crippen LogP contribution in [0.2, 0.25) is 0 Å². The summed E-state index contributed by atoms with van der Waals surface area (Å²) in [6, 6.07) is 10.3. The Labute approximate surface area is 142 Å². The van der Waals surface area contributed by atoms with Crippen LogP contribution in [-0.2, 0) is 13.0 Å². The van der Waals surface area contributed by atoms with Gasteiger partial charge < -0.3 is 5.32 Å². The Bertz CT molecular complexity index is 659. The van der Waals surface area contributed by atoms with Crippen molar-refractivity contribution >= 4 is 22.9 Å². The van der Waals surface area contributed by atoms with Gasteiger partial charge in [-0.05, 0) is 67.1 Å². The highest BCUT2D eigenvalue weighted by molar-refractivity contribution is 7.12. The molecule has 0 bridgehead atoms. The first kappa shape index (κ1) is 16.2. The summed E-state index contributed by atoms with van der Waals surface area (Å²) in [4.78, 5) is 15.8. The number of amides is 1. The first-order valence-electron chi connectivity index (χ1n) is 8.45. The van der Waals surface area contributed by atoms with E-state index in [4.69, 9.17) is 0 Å². The summed E-state index contributed by atoms with van der Waals surface area (Å²) in [5, 5.41) is 5.04. The Balaban J connectivity index is 1.66. The van der Waals surface area contributed by atoms with E-state index in [-0.39, 0.29) is 5.91 Å². The standard InChI is InChI=1S/C19H24N2OS/c1-2-16-9-12-23-18(16)19(22)20-17-8-6-7-15(13-17)14-21-10-4-3-5-11-21/h6-9,12-13H,2-5,10-11,14H2,1H3,(H,20,22). The van der Waals surface area contributed by atoms with E-state index in [1.54, 1.807) is 0 Å². The van der Waals surface area contributed by atoms with E-state index in [0.29, 0.717) is 0 Å². The quantitative estimate of drug-likeness (QED) is 0.873. The molecule has 1 aliphatic heterocycles. The van der Waals surface area contributed by atoms with Crippen molar-refractivity contribution in [1.82, 2.24) is 4.90 Å². The summed E-state index contributed by atoms with van der Waals surface area (Å²) < 4.78 is 0. The zero-order valence-corrected chi connectivity index (χ0v) is 14.5. The summed E-state index contributed by atoms with van der Waals surface area (Å²) in [6.07, 6.45) is 4.84. The van der Waals surface area contributed by atoms with Crippen LogP contribution < -0.4 is 5.32 Å². The number of thiophene rings is 1. The fourth-order valence-corrected chi connectivity index (χ4v) is 4.01. The fourth-order valence-electron chi connectivity index (χ4n) is 3.12. The summed E-state index contributed by atoms with van der Waals surface area (Å²) in [5.74, 6) is 0.00646. The number of carbonyl (C=O) groups is 1. The van der Waals surface area contributed by atoms with Crippen molar-refractivity contribution < 1.29 is 4.79 Å². The number of nitrogens with zero attached hydrogens (tertiary/aromatic N) is 1. The van der Waals surface area contributed by atoms with Crippen LogP contribution in [0.3, 0.4) is 0 Å². The van der Waals surface area contributed by atoms with Crippen molar-refractivity contribution in [3.63, 3.8) is 0 Å². The zero-order chi connectivity index (χ0) is 16.1. The van der Waals surface area contributed by atoms with E-state index in [9.17, 15) is 4.79 Å². The zero-order valence-electron chi connectivity index (χ0n) is 13.7. The number of aryl methyl sites for hydroxylation is 1. The van der Waals surface area contributed by atoms with Gasteiger partial charge in [0.1, 0.15) is 0 Å². The number of piperidine rings is 1.